The van der Waals surface area contributed by atoms with Gasteiger partial charge in [-0.2, -0.15) is 0 Å². The fourth-order valence-corrected chi connectivity index (χ4v) is 2.69. The highest BCUT2D eigenvalue weighted by Gasteiger charge is 2.10. The molecule has 0 radical (unpaired) electrons. The largest absolute Gasteiger partial charge is 0.321 e. The first-order chi connectivity index (χ1) is 9.75. The summed E-state index contributed by atoms with van der Waals surface area (Å²) in [5.41, 5.74) is 1.45. The monoisotopic (exact) mass is 374 g/mol. The summed E-state index contributed by atoms with van der Waals surface area (Å²) in [7, 11) is 0. The SMILES string of the molecule is O=C(Nc1cccc2ccncc12)c1ccccc1I. The van der Waals surface area contributed by atoms with Crippen LogP contribution >= 0.6 is 22.6 Å². The van der Waals surface area contributed by atoms with Crippen molar-refractivity contribution in [1.82, 2.24) is 4.98 Å². The molecule has 1 amide bonds. The molecule has 0 unspecified atom stereocenters. The lowest BCUT2D eigenvalue weighted by molar-refractivity contribution is 0.102. The van der Waals surface area contributed by atoms with Gasteiger partial charge in [-0.05, 0) is 52.2 Å². The Morgan fingerprint density at radius 1 is 1.05 bits per heavy atom. The summed E-state index contributed by atoms with van der Waals surface area (Å²) in [4.78, 5) is 16.5. The van der Waals surface area contributed by atoms with E-state index in [2.05, 4.69) is 32.9 Å². The number of hydrogen-bond acceptors (Lipinski definition) is 2. The van der Waals surface area contributed by atoms with Gasteiger partial charge >= 0.3 is 0 Å². The Balaban J connectivity index is 1.98. The molecule has 4 heteroatoms. The molecule has 98 valence electrons. The van der Waals surface area contributed by atoms with Gasteiger partial charge in [0.15, 0.2) is 0 Å². The van der Waals surface area contributed by atoms with Crippen molar-refractivity contribution in [2.75, 3.05) is 5.32 Å². The molecule has 0 saturated heterocycles. The highest BCUT2D eigenvalue weighted by Crippen LogP contribution is 2.23. The molecule has 3 aromatic rings. The lowest BCUT2D eigenvalue weighted by Gasteiger charge is -2.09. The smallest absolute Gasteiger partial charge is 0.256 e. The molecule has 20 heavy (non-hydrogen) atoms. The van der Waals surface area contributed by atoms with Crippen molar-refractivity contribution >= 4 is 45.0 Å². The van der Waals surface area contributed by atoms with Gasteiger partial charge in [0.1, 0.15) is 0 Å². The molecule has 0 fully saturated rings. The van der Waals surface area contributed by atoms with Crippen molar-refractivity contribution in [2.24, 2.45) is 0 Å². The van der Waals surface area contributed by atoms with E-state index < -0.39 is 0 Å². The van der Waals surface area contributed by atoms with Crippen molar-refractivity contribution in [3.8, 4) is 0 Å². The number of fused-ring (bicyclic) bond motifs is 1. The number of carbonyl (C=O) groups excluding carboxylic acids is 1. The molecule has 0 atom stereocenters. The van der Waals surface area contributed by atoms with Crippen molar-refractivity contribution in [1.29, 1.82) is 0 Å². The minimum absolute atomic E-state index is 0.105. The van der Waals surface area contributed by atoms with E-state index in [0.29, 0.717) is 5.56 Å². The first-order valence-corrected chi connectivity index (χ1v) is 7.22. The Morgan fingerprint density at radius 2 is 1.90 bits per heavy atom. The van der Waals surface area contributed by atoms with Gasteiger partial charge < -0.3 is 5.32 Å². The van der Waals surface area contributed by atoms with Crippen LogP contribution in [0.3, 0.4) is 0 Å². The quantitative estimate of drug-likeness (QED) is 0.687. The molecule has 3 rings (SSSR count). The fraction of sp³-hybridized carbons (Fsp3) is 0. The number of hydrogen-bond donors (Lipinski definition) is 1. The van der Waals surface area contributed by atoms with Gasteiger partial charge in [0.25, 0.3) is 5.91 Å². The molecule has 0 saturated carbocycles. The number of carbonyl (C=O) groups is 1. The maximum absolute atomic E-state index is 12.3. The van der Waals surface area contributed by atoms with Gasteiger partial charge in [0.05, 0.1) is 11.3 Å². The first-order valence-electron chi connectivity index (χ1n) is 6.14. The second-order valence-electron chi connectivity index (χ2n) is 4.34. The maximum atomic E-state index is 12.3. The Kier molecular flexibility index (Phi) is 3.64. The molecule has 0 aliphatic rings. The third kappa shape index (κ3) is 2.51. The number of halogens is 1. The number of rotatable bonds is 2. The zero-order valence-corrected chi connectivity index (χ0v) is 12.7. The molecule has 3 nitrogen and oxygen atoms in total. The number of nitrogens with zero attached hydrogens (tertiary/aromatic N) is 1. The van der Waals surface area contributed by atoms with Crippen LogP contribution in [0, 0.1) is 3.57 Å². The summed E-state index contributed by atoms with van der Waals surface area (Å²) >= 11 is 2.16. The lowest BCUT2D eigenvalue weighted by Crippen LogP contribution is -2.13. The van der Waals surface area contributed by atoms with E-state index in [0.717, 1.165) is 20.0 Å². The third-order valence-corrected chi connectivity index (χ3v) is 3.99. The predicted molar refractivity (Wildman–Crippen MR) is 88.9 cm³/mol. The van der Waals surface area contributed by atoms with Crippen LogP contribution in [0.5, 0.6) is 0 Å². The molecule has 1 aromatic heterocycles. The van der Waals surface area contributed by atoms with E-state index in [-0.39, 0.29) is 5.91 Å². The Morgan fingerprint density at radius 3 is 2.75 bits per heavy atom. The molecular formula is C16H11IN2O. The van der Waals surface area contributed by atoms with Crippen LogP contribution in [0.25, 0.3) is 10.8 Å². The molecule has 1 N–H and O–H groups in total. The molecule has 2 aromatic carbocycles. The van der Waals surface area contributed by atoms with Gasteiger partial charge in [-0.15, -0.1) is 0 Å². The zero-order chi connectivity index (χ0) is 13.9. The molecule has 0 aliphatic heterocycles. The summed E-state index contributed by atoms with van der Waals surface area (Å²) in [5, 5.41) is 4.95. The first kappa shape index (κ1) is 13.1. The van der Waals surface area contributed by atoms with Crippen LogP contribution in [-0.2, 0) is 0 Å². The summed E-state index contributed by atoms with van der Waals surface area (Å²) < 4.78 is 0.931. The van der Waals surface area contributed by atoms with Crippen LogP contribution in [0.1, 0.15) is 10.4 Å². The summed E-state index contributed by atoms with van der Waals surface area (Å²) in [6.07, 6.45) is 3.51. The fourth-order valence-electron chi connectivity index (χ4n) is 2.06. The van der Waals surface area contributed by atoms with Crippen LogP contribution in [0.4, 0.5) is 5.69 Å². The number of nitrogens with one attached hydrogen (secondary N) is 1. The summed E-state index contributed by atoms with van der Waals surface area (Å²) in [5.74, 6) is -0.105. The zero-order valence-electron chi connectivity index (χ0n) is 10.5. The summed E-state index contributed by atoms with van der Waals surface area (Å²) in [6.45, 7) is 0. The van der Waals surface area contributed by atoms with Gasteiger partial charge in [0, 0.05) is 21.4 Å². The van der Waals surface area contributed by atoms with E-state index in [4.69, 9.17) is 0 Å². The average molecular weight is 374 g/mol. The Bertz CT molecular complexity index is 781. The average Bonchev–Trinajstić information content (AvgIpc) is 2.48. The van der Waals surface area contributed by atoms with Crippen LogP contribution in [-0.4, -0.2) is 10.9 Å². The van der Waals surface area contributed by atoms with Gasteiger partial charge in [-0.3, -0.25) is 9.78 Å². The normalized spacial score (nSPS) is 10.4. The van der Waals surface area contributed by atoms with Gasteiger partial charge in [-0.25, -0.2) is 0 Å². The highest BCUT2D eigenvalue weighted by molar-refractivity contribution is 14.1. The van der Waals surface area contributed by atoms with Crippen LogP contribution in [0.2, 0.25) is 0 Å². The van der Waals surface area contributed by atoms with Crippen molar-refractivity contribution < 1.29 is 4.79 Å². The highest BCUT2D eigenvalue weighted by atomic mass is 127. The molecular weight excluding hydrogens is 363 g/mol. The molecule has 0 bridgehead atoms. The Labute approximate surface area is 130 Å². The standard InChI is InChI=1S/C16H11IN2O/c17-14-6-2-1-5-12(14)16(20)19-15-7-3-4-11-8-9-18-10-13(11)15/h1-10H,(H,19,20). The number of aromatic nitrogens is 1. The van der Waals surface area contributed by atoms with Crippen molar-refractivity contribution in [3.63, 3.8) is 0 Å². The van der Waals surface area contributed by atoms with Crippen molar-refractivity contribution in [2.45, 2.75) is 0 Å². The van der Waals surface area contributed by atoms with Crippen LogP contribution < -0.4 is 5.32 Å². The number of pyridine rings is 1. The number of amides is 1. The van der Waals surface area contributed by atoms with E-state index >= 15 is 0 Å². The van der Waals surface area contributed by atoms with E-state index in [1.54, 1.807) is 12.4 Å². The van der Waals surface area contributed by atoms with Gasteiger partial charge in [0.2, 0.25) is 0 Å². The summed E-state index contributed by atoms with van der Waals surface area (Å²) in [6, 6.07) is 15.3. The van der Waals surface area contributed by atoms with Crippen LogP contribution in [0.15, 0.2) is 60.9 Å². The third-order valence-electron chi connectivity index (χ3n) is 3.05. The maximum Gasteiger partial charge on any atom is 0.256 e. The second-order valence-corrected chi connectivity index (χ2v) is 5.50. The minimum Gasteiger partial charge on any atom is -0.321 e. The van der Waals surface area contributed by atoms with E-state index in [1.165, 1.54) is 0 Å². The van der Waals surface area contributed by atoms with Crippen molar-refractivity contribution in [3.05, 3.63) is 70.1 Å². The topological polar surface area (TPSA) is 42.0 Å². The van der Waals surface area contributed by atoms with Gasteiger partial charge in [-0.1, -0.05) is 24.3 Å². The second kappa shape index (κ2) is 5.58. The molecule has 1 heterocycles. The lowest BCUT2D eigenvalue weighted by atomic mass is 10.1. The Hall–Kier alpha value is -1.95. The van der Waals surface area contributed by atoms with E-state index in [1.807, 2.05) is 48.5 Å². The molecule has 0 aliphatic carbocycles. The number of anilines is 1. The predicted octanol–water partition coefficient (Wildman–Crippen LogP) is 4.09. The van der Waals surface area contributed by atoms with E-state index in [9.17, 15) is 4.79 Å². The number of benzene rings is 2. The minimum atomic E-state index is -0.105. The molecule has 0 spiro atoms.